The number of aldehydes is 1. The van der Waals surface area contributed by atoms with Crippen LogP contribution < -0.4 is 4.74 Å². The number of carbonyl (C=O) groups is 1. The zero-order valence-electron chi connectivity index (χ0n) is 9.31. The van der Waals surface area contributed by atoms with E-state index in [0.717, 1.165) is 23.2 Å². The second-order valence-corrected chi connectivity index (χ2v) is 3.96. The van der Waals surface area contributed by atoms with Crippen LogP contribution in [0.1, 0.15) is 10.4 Å². The molecule has 0 amide bonds. The van der Waals surface area contributed by atoms with E-state index in [4.69, 9.17) is 16.3 Å². The number of carbonyl (C=O) groups excluding carboxylic acids is 1. The molecule has 2 aromatic rings. The number of methoxy groups -OCH3 is 1. The Kier molecular flexibility index (Phi) is 3.45. The van der Waals surface area contributed by atoms with Crippen molar-refractivity contribution in [2.24, 2.45) is 0 Å². The van der Waals surface area contributed by atoms with Gasteiger partial charge in [0, 0.05) is 11.1 Å². The third-order valence-corrected chi connectivity index (χ3v) is 2.89. The second-order valence-electron chi connectivity index (χ2n) is 3.55. The number of para-hydroxylation sites is 1. The van der Waals surface area contributed by atoms with Crippen molar-refractivity contribution in [3.8, 4) is 16.9 Å². The van der Waals surface area contributed by atoms with Crippen molar-refractivity contribution in [3.05, 3.63) is 53.1 Å². The van der Waals surface area contributed by atoms with E-state index in [1.165, 1.54) is 0 Å². The Morgan fingerprint density at radius 2 is 1.94 bits per heavy atom. The highest BCUT2D eigenvalue weighted by Crippen LogP contribution is 2.31. The van der Waals surface area contributed by atoms with Gasteiger partial charge in [-0.05, 0) is 23.8 Å². The minimum Gasteiger partial charge on any atom is -0.496 e. The first-order valence-electron chi connectivity index (χ1n) is 5.14. The molecule has 0 aromatic heterocycles. The molecule has 0 saturated carbocycles. The molecule has 0 radical (unpaired) electrons. The van der Waals surface area contributed by atoms with Crippen molar-refractivity contribution in [2.75, 3.05) is 7.11 Å². The Morgan fingerprint density at radius 3 is 2.65 bits per heavy atom. The van der Waals surface area contributed by atoms with Crippen LogP contribution in [-0.2, 0) is 0 Å². The van der Waals surface area contributed by atoms with Gasteiger partial charge in [-0.3, -0.25) is 4.79 Å². The van der Waals surface area contributed by atoms with E-state index in [0.29, 0.717) is 10.6 Å². The molecule has 0 heterocycles. The summed E-state index contributed by atoms with van der Waals surface area (Å²) in [5.74, 6) is 0.770. The van der Waals surface area contributed by atoms with Crippen LogP contribution >= 0.6 is 11.6 Å². The van der Waals surface area contributed by atoms with E-state index in [9.17, 15) is 4.79 Å². The van der Waals surface area contributed by atoms with E-state index < -0.39 is 0 Å². The first-order chi connectivity index (χ1) is 8.26. The Morgan fingerprint density at radius 1 is 1.18 bits per heavy atom. The van der Waals surface area contributed by atoms with Crippen molar-refractivity contribution in [3.63, 3.8) is 0 Å². The molecule has 0 N–H and O–H groups in total. The van der Waals surface area contributed by atoms with Crippen LogP contribution in [0.4, 0.5) is 0 Å². The van der Waals surface area contributed by atoms with Crippen LogP contribution in [-0.4, -0.2) is 13.4 Å². The third kappa shape index (κ3) is 2.32. The second kappa shape index (κ2) is 5.02. The molecule has 2 aromatic carbocycles. The first-order valence-corrected chi connectivity index (χ1v) is 5.52. The average Bonchev–Trinajstić information content (AvgIpc) is 2.39. The molecule has 0 saturated heterocycles. The standard InChI is InChI=1S/C14H11ClO2/c1-17-14-5-3-2-4-12(14)10-6-7-13(15)11(8-10)9-16/h2-9H,1H3. The zero-order chi connectivity index (χ0) is 12.3. The fourth-order valence-corrected chi connectivity index (χ4v) is 1.85. The molecular weight excluding hydrogens is 236 g/mol. The van der Waals surface area contributed by atoms with Gasteiger partial charge in [0.1, 0.15) is 5.75 Å². The summed E-state index contributed by atoms with van der Waals surface area (Å²) in [6.07, 6.45) is 0.751. The Balaban J connectivity index is 2.56. The normalized spacial score (nSPS) is 10.0. The van der Waals surface area contributed by atoms with Gasteiger partial charge in [-0.1, -0.05) is 35.9 Å². The quantitative estimate of drug-likeness (QED) is 0.770. The van der Waals surface area contributed by atoms with Gasteiger partial charge in [0.05, 0.1) is 12.1 Å². The SMILES string of the molecule is COc1ccccc1-c1ccc(Cl)c(C=O)c1. The summed E-state index contributed by atoms with van der Waals surface area (Å²) >= 11 is 5.89. The molecule has 0 aliphatic rings. The molecule has 0 bridgehead atoms. The van der Waals surface area contributed by atoms with Crippen molar-refractivity contribution >= 4 is 17.9 Å². The lowest BCUT2D eigenvalue weighted by Gasteiger charge is -2.09. The zero-order valence-corrected chi connectivity index (χ0v) is 10.1. The maximum absolute atomic E-state index is 10.8. The number of halogens is 1. The summed E-state index contributed by atoms with van der Waals surface area (Å²) in [6, 6.07) is 13.0. The molecule has 0 aliphatic carbocycles. The smallest absolute Gasteiger partial charge is 0.151 e. The van der Waals surface area contributed by atoms with Crippen LogP contribution in [0.3, 0.4) is 0 Å². The van der Waals surface area contributed by atoms with Crippen LogP contribution in [0.2, 0.25) is 5.02 Å². The number of ether oxygens (including phenoxy) is 1. The van der Waals surface area contributed by atoms with Gasteiger partial charge in [0.15, 0.2) is 6.29 Å². The van der Waals surface area contributed by atoms with Gasteiger partial charge in [-0.25, -0.2) is 0 Å². The highest BCUT2D eigenvalue weighted by molar-refractivity contribution is 6.33. The topological polar surface area (TPSA) is 26.3 Å². The van der Waals surface area contributed by atoms with E-state index in [1.807, 2.05) is 30.3 Å². The van der Waals surface area contributed by atoms with Crippen molar-refractivity contribution in [2.45, 2.75) is 0 Å². The predicted octanol–water partition coefficient (Wildman–Crippen LogP) is 3.83. The Hall–Kier alpha value is -1.80. The molecule has 0 atom stereocenters. The van der Waals surface area contributed by atoms with Crippen molar-refractivity contribution < 1.29 is 9.53 Å². The molecule has 17 heavy (non-hydrogen) atoms. The van der Waals surface area contributed by atoms with Crippen molar-refractivity contribution in [1.82, 2.24) is 0 Å². The fraction of sp³-hybridized carbons (Fsp3) is 0.0714. The summed E-state index contributed by atoms with van der Waals surface area (Å²) in [7, 11) is 1.62. The summed E-state index contributed by atoms with van der Waals surface area (Å²) in [5.41, 5.74) is 2.33. The molecule has 0 unspecified atom stereocenters. The molecule has 0 spiro atoms. The number of hydrogen-bond donors (Lipinski definition) is 0. The minimum absolute atomic E-state index is 0.457. The van der Waals surface area contributed by atoms with E-state index in [-0.39, 0.29) is 0 Å². The van der Waals surface area contributed by atoms with E-state index in [1.54, 1.807) is 19.2 Å². The van der Waals surface area contributed by atoms with Gasteiger partial charge < -0.3 is 4.74 Å². The molecule has 2 rings (SSSR count). The van der Waals surface area contributed by atoms with Gasteiger partial charge in [-0.15, -0.1) is 0 Å². The molecule has 86 valence electrons. The van der Waals surface area contributed by atoms with Crippen LogP contribution in [0.5, 0.6) is 5.75 Å². The molecule has 0 aliphatic heterocycles. The predicted molar refractivity (Wildman–Crippen MR) is 68.8 cm³/mol. The van der Waals surface area contributed by atoms with Gasteiger partial charge in [-0.2, -0.15) is 0 Å². The summed E-state index contributed by atoms with van der Waals surface area (Å²) in [4.78, 5) is 10.8. The third-order valence-electron chi connectivity index (χ3n) is 2.54. The Labute approximate surface area is 105 Å². The number of hydrogen-bond acceptors (Lipinski definition) is 2. The monoisotopic (exact) mass is 246 g/mol. The number of benzene rings is 2. The largest absolute Gasteiger partial charge is 0.496 e. The summed E-state index contributed by atoms with van der Waals surface area (Å²) < 4.78 is 5.28. The Bertz CT molecular complexity index is 550. The van der Waals surface area contributed by atoms with E-state index in [2.05, 4.69) is 0 Å². The van der Waals surface area contributed by atoms with Crippen LogP contribution in [0.25, 0.3) is 11.1 Å². The maximum atomic E-state index is 10.8. The highest BCUT2D eigenvalue weighted by Gasteiger charge is 2.07. The summed E-state index contributed by atoms with van der Waals surface area (Å²) in [5, 5.41) is 0.457. The lowest BCUT2D eigenvalue weighted by molar-refractivity contribution is 0.112. The molecule has 0 fully saturated rings. The lowest BCUT2D eigenvalue weighted by atomic mass is 10.0. The van der Waals surface area contributed by atoms with Gasteiger partial charge in [0.25, 0.3) is 0 Å². The van der Waals surface area contributed by atoms with E-state index >= 15 is 0 Å². The lowest BCUT2D eigenvalue weighted by Crippen LogP contribution is -1.89. The maximum Gasteiger partial charge on any atom is 0.151 e. The highest BCUT2D eigenvalue weighted by atomic mass is 35.5. The van der Waals surface area contributed by atoms with Crippen LogP contribution in [0, 0.1) is 0 Å². The fourth-order valence-electron chi connectivity index (χ4n) is 1.68. The van der Waals surface area contributed by atoms with Gasteiger partial charge >= 0.3 is 0 Å². The molecule has 2 nitrogen and oxygen atoms in total. The summed E-state index contributed by atoms with van der Waals surface area (Å²) in [6.45, 7) is 0. The van der Waals surface area contributed by atoms with Gasteiger partial charge in [0.2, 0.25) is 0 Å². The molecule has 3 heteroatoms. The van der Waals surface area contributed by atoms with Crippen LogP contribution in [0.15, 0.2) is 42.5 Å². The minimum atomic E-state index is 0.457. The average molecular weight is 247 g/mol. The number of rotatable bonds is 3. The van der Waals surface area contributed by atoms with Crippen molar-refractivity contribution in [1.29, 1.82) is 0 Å². The molecular formula is C14H11ClO2. The first kappa shape index (κ1) is 11.7.